The average Bonchev–Trinajstić information content (AvgIpc) is 2.18. The third kappa shape index (κ3) is 2.86. The van der Waals surface area contributed by atoms with Crippen molar-refractivity contribution < 1.29 is 0 Å². The number of hydrogen-bond acceptors (Lipinski definition) is 3. The zero-order valence-electron chi connectivity index (χ0n) is 8.27. The third-order valence-electron chi connectivity index (χ3n) is 1.76. The minimum Gasteiger partial charge on any atom is -0.498 e. The summed E-state index contributed by atoms with van der Waals surface area (Å²) in [6.07, 6.45) is 3.24. The fourth-order valence-corrected chi connectivity index (χ4v) is 1.31. The summed E-state index contributed by atoms with van der Waals surface area (Å²) in [5.74, 6) is 0.596. The molecule has 1 aromatic rings. The Kier molecular flexibility index (Phi) is 3.95. The van der Waals surface area contributed by atoms with Crippen LogP contribution >= 0.6 is 11.6 Å². The standard InChI is InChI=1S/C10H10ClN3O/c1-3-4-14(2)10-8(6-13-15)5-9(11)7-12-10/h3,5,7H,1,4H2,2H3. The van der Waals surface area contributed by atoms with Crippen LogP contribution in [-0.2, 0) is 0 Å². The molecule has 0 saturated carbocycles. The van der Waals surface area contributed by atoms with E-state index < -0.39 is 0 Å². The molecule has 5 heteroatoms. The van der Waals surface area contributed by atoms with Gasteiger partial charge < -0.3 is 10.1 Å². The van der Waals surface area contributed by atoms with Crippen molar-refractivity contribution in [3.8, 4) is 6.07 Å². The van der Waals surface area contributed by atoms with Gasteiger partial charge >= 0.3 is 6.07 Å². The van der Waals surface area contributed by atoms with E-state index in [1.165, 1.54) is 6.20 Å². The Bertz CT molecular complexity index is 422. The Morgan fingerprint density at radius 2 is 2.53 bits per heavy atom. The van der Waals surface area contributed by atoms with Crippen molar-refractivity contribution in [2.45, 2.75) is 0 Å². The van der Waals surface area contributed by atoms with Crippen LogP contribution in [0.4, 0.5) is 5.82 Å². The van der Waals surface area contributed by atoms with Crippen LogP contribution in [0.2, 0.25) is 5.02 Å². The molecule has 78 valence electrons. The summed E-state index contributed by atoms with van der Waals surface area (Å²) in [5.41, 5.74) is 0.474. The lowest BCUT2D eigenvalue weighted by Crippen LogP contribution is -2.19. The summed E-state index contributed by atoms with van der Waals surface area (Å²) < 4.78 is 0. The Hall–Kier alpha value is -1.73. The zero-order chi connectivity index (χ0) is 11.3. The van der Waals surface area contributed by atoms with E-state index in [4.69, 9.17) is 11.6 Å². The van der Waals surface area contributed by atoms with E-state index in [2.05, 4.69) is 22.6 Å². The lowest BCUT2D eigenvalue weighted by atomic mass is 10.2. The molecule has 0 fully saturated rings. The van der Waals surface area contributed by atoms with Gasteiger partial charge in [0.15, 0.2) is 5.82 Å². The van der Waals surface area contributed by atoms with Gasteiger partial charge in [0.25, 0.3) is 0 Å². The largest absolute Gasteiger partial charge is 0.498 e. The Labute approximate surface area is 93.2 Å². The highest BCUT2D eigenvalue weighted by Gasteiger charge is 2.11. The number of pyridine rings is 1. The van der Waals surface area contributed by atoms with Gasteiger partial charge in [0.1, 0.15) is 5.56 Å². The average molecular weight is 224 g/mol. The van der Waals surface area contributed by atoms with E-state index >= 15 is 0 Å². The van der Waals surface area contributed by atoms with Crippen molar-refractivity contribution in [2.24, 2.45) is 0 Å². The molecular formula is C10H10ClN3O. The van der Waals surface area contributed by atoms with Crippen molar-refractivity contribution in [1.82, 2.24) is 4.98 Å². The molecule has 0 bridgehead atoms. The predicted molar refractivity (Wildman–Crippen MR) is 62.4 cm³/mol. The predicted octanol–water partition coefficient (Wildman–Crippen LogP) is 2.54. The molecular weight excluding hydrogens is 214 g/mol. The van der Waals surface area contributed by atoms with Crippen LogP contribution in [0.15, 0.2) is 24.9 Å². The molecule has 0 aromatic carbocycles. The number of likely N-dealkylation sites (N-methyl/N-ethyl adjacent to an activating group) is 1. The molecule has 15 heavy (non-hydrogen) atoms. The number of anilines is 1. The van der Waals surface area contributed by atoms with Crippen LogP contribution < -0.4 is 4.90 Å². The molecule has 1 heterocycles. The van der Waals surface area contributed by atoms with E-state index in [0.717, 1.165) is 0 Å². The first-order chi connectivity index (χ1) is 7.19. The highest BCUT2D eigenvalue weighted by molar-refractivity contribution is 6.30. The number of aromatic nitrogens is 1. The summed E-state index contributed by atoms with van der Waals surface area (Å²) in [4.78, 5) is 5.92. The van der Waals surface area contributed by atoms with E-state index in [-0.39, 0.29) is 0 Å². The molecule has 4 nitrogen and oxygen atoms in total. The van der Waals surface area contributed by atoms with Crippen LogP contribution in [-0.4, -0.2) is 18.6 Å². The van der Waals surface area contributed by atoms with Crippen molar-refractivity contribution in [3.05, 3.63) is 45.7 Å². The van der Waals surface area contributed by atoms with Crippen molar-refractivity contribution in [3.63, 3.8) is 0 Å². The molecule has 1 rings (SSSR count). The van der Waals surface area contributed by atoms with Gasteiger partial charge in [-0.2, -0.15) is 0 Å². The molecule has 0 spiro atoms. The molecule has 0 unspecified atom stereocenters. The SMILES string of the molecule is C=CCN(C)c1ncc(Cl)cc1C#[N+][O-]. The molecule has 0 N–H and O–H groups in total. The fraction of sp³-hybridized carbons (Fsp3) is 0.200. The molecule has 0 amide bonds. The molecule has 0 saturated heterocycles. The minimum atomic E-state index is 0.442. The van der Waals surface area contributed by atoms with E-state index in [1.807, 2.05) is 11.9 Å². The highest BCUT2D eigenvalue weighted by Crippen LogP contribution is 2.19. The molecule has 1 aromatic heterocycles. The van der Waals surface area contributed by atoms with Crippen LogP contribution in [0, 0.1) is 11.3 Å². The Balaban J connectivity index is 3.13. The molecule has 0 aliphatic heterocycles. The highest BCUT2D eigenvalue weighted by atomic mass is 35.5. The maximum Gasteiger partial charge on any atom is 0.340 e. The minimum absolute atomic E-state index is 0.442. The van der Waals surface area contributed by atoms with Crippen molar-refractivity contribution in [2.75, 3.05) is 18.5 Å². The number of nitrogens with zero attached hydrogens (tertiary/aromatic N) is 3. The van der Waals surface area contributed by atoms with Gasteiger partial charge in [-0.3, -0.25) is 0 Å². The van der Waals surface area contributed by atoms with Crippen molar-refractivity contribution >= 4 is 17.4 Å². The quantitative estimate of drug-likeness (QED) is 0.584. The molecule has 0 aliphatic carbocycles. The second-order valence-corrected chi connectivity index (χ2v) is 3.33. The lowest BCUT2D eigenvalue weighted by Gasteiger charge is -2.15. The second-order valence-electron chi connectivity index (χ2n) is 2.90. The number of halogens is 1. The Morgan fingerprint density at radius 3 is 3.13 bits per heavy atom. The molecule has 0 radical (unpaired) electrons. The second kappa shape index (κ2) is 5.23. The summed E-state index contributed by atoms with van der Waals surface area (Å²) in [7, 11) is 1.83. The third-order valence-corrected chi connectivity index (χ3v) is 1.97. The first-order valence-corrected chi connectivity index (χ1v) is 4.62. The normalized spacial score (nSPS) is 8.93. The van der Waals surface area contributed by atoms with Gasteiger partial charge in [-0.1, -0.05) is 17.7 Å². The maximum absolute atomic E-state index is 10.1. The lowest BCUT2D eigenvalue weighted by molar-refractivity contribution is 0.988. The van der Waals surface area contributed by atoms with E-state index in [0.29, 0.717) is 22.9 Å². The first-order valence-electron chi connectivity index (χ1n) is 4.25. The number of hydrogen-bond donors (Lipinski definition) is 0. The van der Waals surface area contributed by atoms with Crippen LogP contribution in [0.5, 0.6) is 0 Å². The molecule has 0 atom stereocenters. The van der Waals surface area contributed by atoms with E-state index in [1.54, 1.807) is 12.1 Å². The summed E-state index contributed by atoms with van der Waals surface area (Å²) in [6, 6.07) is 3.89. The van der Waals surface area contributed by atoms with Gasteiger partial charge in [0.05, 0.1) is 5.02 Å². The summed E-state index contributed by atoms with van der Waals surface area (Å²) >= 11 is 5.75. The van der Waals surface area contributed by atoms with Crippen molar-refractivity contribution in [1.29, 1.82) is 0 Å². The smallest absolute Gasteiger partial charge is 0.340 e. The molecule has 0 aliphatic rings. The monoisotopic (exact) mass is 223 g/mol. The zero-order valence-corrected chi connectivity index (χ0v) is 9.03. The van der Waals surface area contributed by atoms with Crippen LogP contribution in [0.25, 0.3) is 5.01 Å². The maximum atomic E-state index is 10.1. The van der Waals surface area contributed by atoms with E-state index in [9.17, 15) is 5.21 Å². The topological polar surface area (TPSA) is 43.5 Å². The first kappa shape index (κ1) is 11.3. The van der Waals surface area contributed by atoms with Crippen LogP contribution in [0.3, 0.4) is 0 Å². The van der Waals surface area contributed by atoms with Gasteiger partial charge in [-0.15, -0.1) is 6.58 Å². The van der Waals surface area contributed by atoms with Gasteiger partial charge in [-0.05, 0) is 6.07 Å². The van der Waals surface area contributed by atoms with Gasteiger partial charge in [0, 0.05) is 24.8 Å². The van der Waals surface area contributed by atoms with Gasteiger partial charge in [-0.25, -0.2) is 4.98 Å². The summed E-state index contributed by atoms with van der Waals surface area (Å²) in [6.45, 7) is 4.23. The Morgan fingerprint density at radius 1 is 1.80 bits per heavy atom. The van der Waals surface area contributed by atoms with Crippen LogP contribution in [0.1, 0.15) is 5.56 Å². The number of rotatable bonds is 3. The summed E-state index contributed by atoms with van der Waals surface area (Å²) in [5, 5.41) is 13.2. The van der Waals surface area contributed by atoms with Gasteiger partial charge in [0.2, 0.25) is 0 Å². The fourth-order valence-electron chi connectivity index (χ4n) is 1.15.